The van der Waals surface area contributed by atoms with Gasteiger partial charge in [-0.1, -0.05) is 19.3 Å². The van der Waals surface area contributed by atoms with Crippen LogP contribution in [0.4, 0.5) is 11.4 Å². The summed E-state index contributed by atoms with van der Waals surface area (Å²) in [6.07, 6.45) is 7.37. The summed E-state index contributed by atoms with van der Waals surface area (Å²) in [5, 5.41) is 11.1. The molecule has 8 nitrogen and oxygen atoms in total. The Morgan fingerprint density at radius 1 is 1.18 bits per heavy atom. The number of hydrogen-bond donors (Lipinski definition) is 0. The molecule has 1 saturated carbocycles. The van der Waals surface area contributed by atoms with Crippen LogP contribution in [0.3, 0.4) is 0 Å². The van der Waals surface area contributed by atoms with E-state index in [9.17, 15) is 19.7 Å². The normalized spacial score (nSPS) is 17.4. The van der Waals surface area contributed by atoms with Crippen molar-refractivity contribution in [3.8, 4) is 0 Å². The number of carbonyl (C=O) groups excluding carboxylic acids is 2. The molecule has 1 aromatic carbocycles. The minimum atomic E-state index is -0.698. The Balaban J connectivity index is 1.69. The van der Waals surface area contributed by atoms with E-state index in [2.05, 4.69) is 0 Å². The van der Waals surface area contributed by atoms with Gasteiger partial charge in [0.05, 0.1) is 16.2 Å². The van der Waals surface area contributed by atoms with Crippen LogP contribution in [0.5, 0.6) is 0 Å². The highest BCUT2D eigenvalue weighted by molar-refractivity contribution is 5.97. The molecule has 0 spiro atoms. The Hall–Kier alpha value is -2.64. The first-order valence-electron chi connectivity index (χ1n) is 9.93. The first kappa shape index (κ1) is 20.1. The van der Waals surface area contributed by atoms with Gasteiger partial charge in [-0.15, -0.1) is 0 Å². The zero-order chi connectivity index (χ0) is 20.1. The van der Waals surface area contributed by atoms with E-state index in [1.54, 1.807) is 18.0 Å². The second-order valence-electron chi connectivity index (χ2n) is 7.53. The molecular weight excluding hydrogens is 362 g/mol. The maximum absolute atomic E-state index is 12.7. The molecule has 1 aliphatic heterocycles. The summed E-state index contributed by atoms with van der Waals surface area (Å²) in [5.41, 5.74) is 0.603. The first-order valence-corrected chi connectivity index (χ1v) is 9.93. The molecule has 2 aliphatic rings. The van der Waals surface area contributed by atoms with Gasteiger partial charge in [-0.2, -0.15) is 0 Å². The topological polar surface area (TPSA) is 93.0 Å². The molecule has 2 fully saturated rings. The van der Waals surface area contributed by atoms with Crippen molar-refractivity contribution in [3.63, 3.8) is 0 Å². The van der Waals surface area contributed by atoms with E-state index < -0.39 is 10.9 Å². The maximum atomic E-state index is 12.7. The number of benzene rings is 1. The van der Waals surface area contributed by atoms with Gasteiger partial charge in [-0.3, -0.25) is 14.9 Å². The smallest absolute Gasteiger partial charge is 0.341 e. The molecule has 0 atom stereocenters. The van der Waals surface area contributed by atoms with Crippen molar-refractivity contribution in [1.29, 1.82) is 0 Å². The molecule has 1 saturated heterocycles. The van der Waals surface area contributed by atoms with Gasteiger partial charge in [-0.05, 0) is 31.7 Å². The molecule has 8 heteroatoms. The molecule has 1 amide bonds. The predicted octanol–water partition coefficient (Wildman–Crippen LogP) is 3.14. The molecule has 0 unspecified atom stereocenters. The Morgan fingerprint density at radius 3 is 2.50 bits per heavy atom. The summed E-state index contributed by atoms with van der Waals surface area (Å²) in [6, 6.07) is 4.42. The molecule has 0 radical (unpaired) electrons. The van der Waals surface area contributed by atoms with E-state index in [4.69, 9.17) is 4.74 Å². The third kappa shape index (κ3) is 4.61. The lowest BCUT2D eigenvalue weighted by molar-refractivity contribution is -0.384. The number of hydrogen-bond acceptors (Lipinski definition) is 6. The van der Waals surface area contributed by atoms with Crippen LogP contribution in [0, 0.1) is 10.1 Å². The van der Waals surface area contributed by atoms with Crippen molar-refractivity contribution in [2.24, 2.45) is 0 Å². The SMILES string of the molecule is CN(C(=O)COC(=O)c1cc([N+](=O)[O-])ccc1N1CCCC1)C1CCCCC1. The van der Waals surface area contributed by atoms with Gasteiger partial charge in [0.15, 0.2) is 6.61 Å². The van der Waals surface area contributed by atoms with Crippen LogP contribution in [0.25, 0.3) is 0 Å². The van der Waals surface area contributed by atoms with E-state index in [1.807, 2.05) is 4.90 Å². The van der Waals surface area contributed by atoms with Crippen molar-refractivity contribution >= 4 is 23.3 Å². The number of nitro groups is 1. The summed E-state index contributed by atoms with van der Waals surface area (Å²) in [4.78, 5) is 39.4. The highest BCUT2D eigenvalue weighted by Crippen LogP contribution is 2.29. The standard InChI is InChI=1S/C20H27N3O5/c1-21(15-7-3-2-4-8-15)19(24)14-28-20(25)17-13-16(23(26)27)9-10-18(17)22-11-5-6-12-22/h9-10,13,15H,2-8,11-12,14H2,1H3. The molecule has 3 rings (SSSR count). The minimum absolute atomic E-state index is 0.143. The molecule has 1 aliphatic carbocycles. The number of rotatable bonds is 6. The molecule has 0 aromatic heterocycles. The number of nitrogens with zero attached hydrogens (tertiary/aromatic N) is 3. The van der Waals surface area contributed by atoms with Gasteiger partial charge >= 0.3 is 5.97 Å². The molecular formula is C20H27N3O5. The van der Waals surface area contributed by atoms with Crippen LogP contribution >= 0.6 is 0 Å². The zero-order valence-electron chi connectivity index (χ0n) is 16.3. The lowest BCUT2D eigenvalue weighted by atomic mass is 9.94. The number of likely N-dealkylation sites (N-methyl/N-ethyl adjacent to an activating group) is 1. The summed E-state index contributed by atoms with van der Waals surface area (Å²) in [5.74, 6) is -0.940. The number of non-ortho nitro benzene ring substituents is 1. The highest BCUT2D eigenvalue weighted by atomic mass is 16.6. The quantitative estimate of drug-likeness (QED) is 0.422. The Bertz CT molecular complexity index is 739. The number of carbonyl (C=O) groups is 2. The van der Waals surface area contributed by atoms with Crippen LogP contribution in [0.1, 0.15) is 55.3 Å². The summed E-state index contributed by atoms with van der Waals surface area (Å²) >= 11 is 0. The van der Waals surface area contributed by atoms with Gasteiger partial charge in [0, 0.05) is 38.3 Å². The van der Waals surface area contributed by atoms with Gasteiger partial charge < -0.3 is 14.5 Å². The predicted molar refractivity (Wildman–Crippen MR) is 104 cm³/mol. The number of anilines is 1. The molecule has 28 heavy (non-hydrogen) atoms. The van der Waals surface area contributed by atoms with Crippen LogP contribution < -0.4 is 4.90 Å². The first-order chi connectivity index (χ1) is 13.5. The Morgan fingerprint density at radius 2 is 1.86 bits per heavy atom. The third-order valence-electron chi connectivity index (χ3n) is 5.70. The van der Waals surface area contributed by atoms with Crippen molar-refractivity contribution < 1.29 is 19.2 Å². The number of amides is 1. The summed E-state index contributed by atoms with van der Waals surface area (Å²) in [6.45, 7) is 1.23. The highest BCUT2D eigenvalue weighted by Gasteiger charge is 2.26. The van der Waals surface area contributed by atoms with Crippen LogP contribution in [-0.2, 0) is 9.53 Å². The Labute approximate surface area is 164 Å². The second-order valence-corrected chi connectivity index (χ2v) is 7.53. The lowest BCUT2D eigenvalue weighted by Gasteiger charge is -2.31. The number of ether oxygens (including phenoxy) is 1. The summed E-state index contributed by atoms with van der Waals surface area (Å²) < 4.78 is 5.26. The number of nitro benzene ring substituents is 1. The average molecular weight is 389 g/mol. The number of esters is 1. The van der Waals surface area contributed by atoms with Gasteiger partial charge in [0.1, 0.15) is 0 Å². The fourth-order valence-corrected chi connectivity index (χ4v) is 4.01. The molecule has 1 heterocycles. The van der Waals surface area contributed by atoms with Crippen molar-refractivity contribution in [1.82, 2.24) is 4.90 Å². The van der Waals surface area contributed by atoms with E-state index in [-0.39, 0.29) is 29.8 Å². The van der Waals surface area contributed by atoms with Gasteiger partial charge in [0.2, 0.25) is 0 Å². The second kappa shape index (κ2) is 9.03. The third-order valence-corrected chi connectivity index (χ3v) is 5.70. The fraction of sp³-hybridized carbons (Fsp3) is 0.600. The lowest BCUT2D eigenvalue weighted by Crippen LogP contribution is -2.40. The molecule has 152 valence electrons. The zero-order valence-corrected chi connectivity index (χ0v) is 16.3. The van der Waals surface area contributed by atoms with Crippen LogP contribution in [0.15, 0.2) is 18.2 Å². The molecule has 0 bridgehead atoms. The average Bonchev–Trinajstić information content (AvgIpc) is 3.26. The van der Waals surface area contributed by atoms with Crippen LogP contribution in [-0.4, -0.2) is 54.5 Å². The van der Waals surface area contributed by atoms with Crippen molar-refractivity contribution in [2.75, 3.05) is 31.6 Å². The van der Waals surface area contributed by atoms with Gasteiger partial charge in [0.25, 0.3) is 11.6 Å². The largest absolute Gasteiger partial charge is 0.452 e. The monoisotopic (exact) mass is 389 g/mol. The van der Waals surface area contributed by atoms with E-state index in [0.29, 0.717) is 5.69 Å². The van der Waals surface area contributed by atoms with E-state index in [1.165, 1.54) is 18.6 Å². The summed E-state index contributed by atoms with van der Waals surface area (Å²) in [7, 11) is 1.75. The maximum Gasteiger partial charge on any atom is 0.341 e. The fourth-order valence-electron chi connectivity index (χ4n) is 4.01. The van der Waals surface area contributed by atoms with E-state index in [0.717, 1.165) is 51.6 Å². The van der Waals surface area contributed by atoms with E-state index >= 15 is 0 Å². The van der Waals surface area contributed by atoms with Crippen molar-refractivity contribution in [3.05, 3.63) is 33.9 Å². The minimum Gasteiger partial charge on any atom is -0.452 e. The Kier molecular flexibility index (Phi) is 6.49. The van der Waals surface area contributed by atoms with Gasteiger partial charge in [-0.25, -0.2) is 4.79 Å². The van der Waals surface area contributed by atoms with Crippen LogP contribution in [0.2, 0.25) is 0 Å². The molecule has 0 N–H and O–H groups in total. The molecule has 1 aromatic rings. The van der Waals surface area contributed by atoms with Crippen molar-refractivity contribution in [2.45, 2.75) is 51.0 Å².